The van der Waals surface area contributed by atoms with Crippen LogP contribution in [0.5, 0.6) is 0 Å². The number of carbonyl (C=O) groups excluding carboxylic acids is 2. The molecule has 1 fully saturated rings. The summed E-state index contributed by atoms with van der Waals surface area (Å²) in [7, 11) is 0. The SMILES string of the molecule is Cc1n[nH]c(C)c1NC(=O)C1CSC(=O)N1. The first-order chi connectivity index (χ1) is 7.58. The average Bonchev–Trinajstić information content (AvgIpc) is 2.79. The van der Waals surface area contributed by atoms with Gasteiger partial charge in [-0.15, -0.1) is 0 Å². The normalized spacial score (nSPS) is 19.6. The number of carbonyl (C=O) groups is 2. The molecule has 7 heteroatoms. The zero-order chi connectivity index (χ0) is 11.7. The van der Waals surface area contributed by atoms with Gasteiger partial charge in [-0.2, -0.15) is 5.10 Å². The Morgan fingerprint density at radius 2 is 2.31 bits per heavy atom. The summed E-state index contributed by atoms with van der Waals surface area (Å²) >= 11 is 1.12. The predicted molar refractivity (Wildman–Crippen MR) is 61.5 cm³/mol. The molecule has 1 aromatic heterocycles. The minimum Gasteiger partial charge on any atom is -0.334 e. The minimum absolute atomic E-state index is 0.152. The lowest BCUT2D eigenvalue weighted by molar-refractivity contribution is -0.117. The summed E-state index contributed by atoms with van der Waals surface area (Å²) in [4.78, 5) is 22.7. The predicted octanol–water partition coefficient (Wildman–Crippen LogP) is 0.790. The van der Waals surface area contributed by atoms with Crippen molar-refractivity contribution in [2.45, 2.75) is 19.9 Å². The summed E-state index contributed by atoms with van der Waals surface area (Å²) in [6.45, 7) is 3.64. The second-order valence-electron chi connectivity index (χ2n) is 3.59. The molecule has 1 atom stereocenters. The molecule has 0 aliphatic carbocycles. The number of nitrogens with one attached hydrogen (secondary N) is 3. The first-order valence-electron chi connectivity index (χ1n) is 4.83. The Hall–Kier alpha value is -1.50. The Labute approximate surface area is 96.6 Å². The Bertz CT molecular complexity index is 423. The molecule has 2 heterocycles. The van der Waals surface area contributed by atoms with E-state index in [1.54, 1.807) is 6.92 Å². The maximum absolute atomic E-state index is 11.8. The van der Waals surface area contributed by atoms with Crippen LogP contribution in [0.4, 0.5) is 10.5 Å². The molecule has 1 aliphatic heterocycles. The number of hydrogen-bond acceptors (Lipinski definition) is 4. The molecule has 0 spiro atoms. The Balaban J connectivity index is 2.05. The molecule has 1 aromatic rings. The average molecular weight is 240 g/mol. The van der Waals surface area contributed by atoms with Gasteiger partial charge in [-0.05, 0) is 13.8 Å². The van der Waals surface area contributed by atoms with Crippen molar-refractivity contribution in [3.05, 3.63) is 11.4 Å². The number of hydrogen-bond donors (Lipinski definition) is 3. The van der Waals surface area contributed by atoms with Crippen LogP contribution < -0.4 is 10.6 Å². The van der Waals surface area contributed by atoms with Crippen molar-refractivity contribution in [1.82, 2.24) is 15.5 Å². The van der Waals surface area contributed by atoms with Crippen molar-refractivity contribution in [3.8, 4) is 0 Å². The van der Waals surface area contributed by atoms with E-state index in [0.29, 0.717) is 11.4 Å². The summed E-state index contributed by atoms with van der Waals surface area (Å²) in [5, 5.41) is 12.0. The number of rotatable bonds is 2. The van der Waals surface area contributed by atoms with Crippen molar-refractivity contribution in [2.75, 3.05) is 11.1 Å². The van der Waals surface area contributed by atoms with E-state index >= 15 is 0 Å². The Kier molecular flexibility index (Phi) is 2.86. The molecule has 1 aliphatic rings. The highest BCUT2D eigenvalue weighted by Crippen LogP contribution is 2.18. The van der Waals surface area contributed by atoms with E-state index in [1.807, 2.05) is 6.92 Å². The third-order valence-corrected chi connectivity index (χ3v) is 3.25. The number of aromatic amines is 1. The van der Waals surface area contributed by atoms with Crippen LogP contribution in [0.3, 0.4) is 0 Å². The lowest BCUT2D eigenvalue weighted by atomic mass is 10.2. The third-order valence-electron chi connectivity index (χ3n) is 2.37. The van der Waals surface area contributed by atoms with Gasteiger partial charge in [0.1, 0.15) is 6.04 Å². The smallest absolute Gasteiger partial charge is 0.279 e. The monoisotopic (exact) mass is 240 g/mol. The number of aryl methyl sites for hydroxylation is 2. The minimum atomic E-state index is -0.453. The van der Waals surface area contributed by atoms with Gasteiger partial charge in [0.25, 0.3) is 5.24 Å². The van der Waals surface area contributed by atoms with E-state index in [2.05, 4.69) is 20.8 Å². The largest absolute Gasteiger partial charge is 0.334 e. The van der Waals surface area contributed by atoms with Crippen LogP contribution in [-0.2, 0) is 4.79 Å². The number of nitrogens with zero attached hydrogens (tertiary/aromatic N) is 1. The summed E-state index contributed by atoms with van der Waals surface area (Å²) in [5.74, 6) is 0.270. The van der Waals surface area contributed by atoms with Crippen LogP contribution in [0.1, 0.15) is 11.4 Å². The quantitative estimate of drug-likeness (QED) is 0.713. The molecule has 1 saturated heterocycles. The molecule has 2 amide bonds. The van der Waals surface area contributed by atoms with E-state index < -0.39 is 6.04 Å². The van der Waals surface area contributed by atoms with E-state index in [9.17, 15) is 9.59 Å². The number of anilines is 1. The van der Waals surface area contributed by atoms with E-state index in [0.717, 1.165) is 23.1 Å². The summed E-state index contributed by atoms with van der Waals surface area (Å²) < 4.78 is 0. The zero-order valence-electron chi connectivity index (χ0n) is 8.96. The molecule has 0 bridgehead atoms. The maximum Gasteiger partial charge on any atom is 0.279 e. The summed E-state index contributed by atoms with van der Waals surface area (Å²) in [6.07, 6.45) is 0. The molecule has 16 heavy (non-hydrogen) atoms. The van der Waals surface area contributed by atoms with Gasteiger partial charge in [0, 0.05) is 5.75 Å². The zero-order valence-corrected chi connectivity index (χ0v) is 9.77. The van der Waals surface area contributed by atoms with Crippen LogP contribution in [0, 0.1) is 13.8 Å². The van der Waals surface area contributed by atoms with E-state index in [-0.39, 0.29) is 11.1 Å². The standard InChI is InChI=1S/C9H12N4O2S/c1-4-7(5(2)13-12-4)11-8(14)6-3-16-9(15)10-6/h6H,3H2,1-2H3,(H,10,15)(H,11,14)(H,12,13). The third kappa shape index (κ3) is 2.04. The Morgan fingerprint density at radius 3 is 2.81 bits per heavy atom. The fraction of sp³-hybridized carbons (Fsp3) is 0.444. The molecule has 2 rings (SSSR count). The number of aromatic nitrogens is 2. The van der Waals surface area contributed by atoms with Gasteiger partial charge in [0.2, 0.25) is 5.91 Å². The summed E-state index contributed by atoms with van der Waals surface area (Å²) in [5.41, 5.74) is 2.24. The topological polar surface area (TPSA) is 86.9 Å². The van der Waals surface area contributed by atoms with Gasteiger partial charge < -0.3 is 10.6 Å². The lowest BCUT2D eigenvalue weighted by Gasteiger charge is -2.10. The molecule has 0 saturated carbocycles. The van der Waals surface area contributed by atoms with Gasteiger partial charge in [-0.1, -0.05) is 11.8 Å². The molecular weight excluding hydrogens is 228 g/mol. The van der Waals surface area contributed by atoms with Crippen LogP contribution in [0.2, 0.25) is 0 Å². The first-order valence-corrected chi connectivity index (χ1v) is 5.82. The highest BCUT2D eigenvalue weighted by molar-refractivity contribution is 8.14. The second kappa shape index (κ2) is 4.17. The highest BCUT2D eigenvalue weighted by atomic mass is 32.2. The van der Waals surface area contributed by atoms with Crippen molar-refractivity contribution < 1.29 is 9.59 Å². The van der Waals surface area contributed by atoms with Crippen LogP contribution in [0.25, 0.3) is 0 Å². The number of amides is 2. The fourth-order valence-corrected chi connectivity index (χ4v) is 2.25. The van der Waals surface area contributed by atoms with Gasteiger partial charge in [0.15, 0.2) is 0 Å². The molecule has 0 aromatic carbocycles. The number of thioether (sulfide) groups is 1. The van der Waals surface area contributed by atoms with Gasteiger partial charge in [-0.3, -0.25) is 14.7 Å². The van der Waals surface area contributed by atoms with Gasteiger partial charge >= 0.3 is 0 Å². The van der Waals surface area contributed by atoms with Gasteiger partial charge in [0.05, 0.1) is 17.1 Å². The molecular formula is C9H12N4O2S. The summed E-state index contributed by atoms with van der Waals surface area (Å²) in [6, 6.07) is -0.453. The van der Waals surface area contributed by atoms with Gasteiger partial charge in [-0.25, -0.2) is 0 Å². The lowest BCUT2D eigenvalue weighted by Crippen LogP contribution is -2.38. The fourth-order valence-electron chi connectivity index (χ4n) is 1.47. The molecule has 0 radical (unpaired) electrons. The van der Waals surface area contributed by atoms with E-state index in [4.69, 9.17) is 0 Å². The molecule has 3 N–H and O–H groups in total. The first kappa shape index (κ1) is 11.0. The van der Waals surface area contributed by atoms with E-state index in [1.165, 1.54) is 0 Å². The van der Waals surface area contributed by atoms with Crippen LogP contribution >= 0.6 is 11.8 Å². The van der Waals surface area contributed by atoms with Crippen LogP contribution in [0.15, 0.2) is 0 Å². The number of H-pyrrole nitrogens is 1. The maximum atomic E-state index is 11.8. The van der Waals surface area contributed by atoms with Crippen molar-refractivity contribution >= 4 is 28.6 Å². The molecule has 1 unspecified atom stereocenters. The van der Waals surface area contributed by atoms with Crippen LogP contribution in [-0.4, -0.2) is 33.1 Å². The highest BCUT2D eigenvalue weighted by Gasteiger charge is 2.28. The van der Waals surface area contributed by atoms with Crippen molar-refractivity contribution in [1.29, 1.82) is 0 Å². The van der Waals surface area contributed by atoms with Crippen molar-refractivity contribution in [3.63, 3.8) is 0 Å². The second-order valence-corrected chi connectivity index (χ2v) is 4.59. The van der Waals surface area contributed by atoms with Crippen molar-refractivity contribution in [2.24, 2.45) is 0 Å². The molecule has 86 valence electrons. The molecule has 6 nitrogen and oxygen atoms in total. The Morgan fingerprint density at radius 1 is 1.56 bits per heavy atom.